The molecule has 0 saturated carbocycles. The van der Waals surface area contributed by atoms with Crippen molar-refractivity contribution in [1.82, 2.24) is 29.9 Å². The van der Waals surface area contributed by atoms with Crippen LogP contribution in [-0.4, -0.2) is 29.9 Å². The van der Waals surface area contributed by atoms with Crippen LogP contribution >= 0.6 is 0 Å². The van der Waals surface area contributed by atoms with E-state index >= 15 is 0 Å². The van der Waals surface area contributed by atoms with Gasteiger partial charge in [0.2, 0.25) is 0 Å². The molecule has 0 fully saturated rings. The molecule has 28 aromatic rings. The number of benzene rings is 22. The highest BCUT2D eigenvalue weighted by molar-refractivity contribution is 6.19. The highest BCUT2D eigenvalue weighted by atomic mass is 16.3. The number of pyridine rings is 4. The van der Waals surface area contributed by atoms with E-state index in [9.17, 15) is 0 Å². The van der Waals surface area contributed by atoms with Gasteiger partial charge in [-0.25, -0.2) is 19.9 Å². The highest BCUT2D eigenvalue weighted by Gasteiger charge is 2.55. The standard InChI is InChI=1S/C50H29NO.C47H28N2.C46H27N3/c1-6-22-42-33(15-1)34-16-2-7-23-43(34)50(42)44-24-8-3-17-35(44)40-28-41-39(29-45(40)50)36-18-4-9-25-46(36)51-48(41)31-14-11-13-30(27-31)32-20-12-21-38-37-19-5-10-26-47(37)52-49(32)38;1-5-18-40-33(14-1)34-15-2-6-19-41(34)47(40)42-20-7-3-16-35(42)38-27-39-37(28-43(38)47)36-17-4-8-21-44(36)49-46(39)32-12-9-11-30(25-32)31-23-22-29-13-10-24-48-45(29)26-31;1-5-18-37-30(14-1)31-15-2-6-19-38(31)46(37)39-20-7-3-16-32(39)35-25-36-34(26-40(35)46)33-17-4-8-21-41(33)49-45(36)29-13-11-12-28(24-29)44-27-47-42-22-9-10-23-43(42)48-44/h1-29H;1-28H;1-27H. The van der Waals surface area contributed by atoms with E-state index in [-0.39, 0.29) is 5.41 Å². The quantitative estimate of drug-likeness (QED) is 0.153. The van der Waals surface area contributed by atoms with E-state index < -0.39 is 10.8 Å². The second kappa shape index (κ2) is 32.2. The third-order valence-corrected chi connectivity index (χ3v) is 33.3. The topological polar surface area (TPSA) is 90.5 Å². The lowest BCUT2D eigenvalue weighted by molar-refractivity contribution is 0.670. The lowest BCUT2D eigenvalue weighted by Crippen LogP contribution is -2.25. The number of rotatable bonds is 6. The molecule has 0 amide bonds. The maximum Gasteiger partial charge on any atom is 0.143 e. The van der Waals surface area contributed by atoms with Crippen molar-refractivity contribution in [3.05, 3.63) is 577 Å². The van der Waals surface area contributed by atoms with Crippen LogP contribution in [0.5, 0.6) is 0 Å². The molecule has 0 bridgehead atoms. The fourth-order valence-corrected chi connectivity index (χ4v) is 27.1. The van der Waals surface area contributed by atoms with Gasteiger partial charge in [-0.05, 0) is 270 Å². The fourth-order valence-electron chi connectivity index (χ4n) is 27.1. The number of fused-ring (bicyclic) bond motifs is 44. The van der Waals surface area contributed by atoms with Gasteiger partial charge in [-0.1, -0.05) is 394 Å². The van der Waals surface area contributed by atoms with Gasteiger partial charge >= 0.3 is 0 Å². The van der Waals surface area contributed by atoms with Crippen molar-refractivity contribution >= 4 is 109 Å². The van der Waals surface area contributed by atoms with Crippen LogP contribution in [-0.2, 0) is 16.2 Å². The average molecular weight is 1900 g/mol. The summed E-state index contributed by atoms with van der Waals surface area (Å²) in [6.07, 6.45) is 3.73. The Balaban J connectivity index is 0.0000000993. The van der Waals surface area contributed by atoms with Crippen LogP contribution in [0, 0.1) is 0 Å². The largest absolute Gasteiger partial charge is 0.455 e. The third kappa shape index (κ3) is 11.8. The second-order valence-electron chi connectivity index (χ2n) is 40.6. The first kappa shape index (κ1) is 83.8. The Kier molecular flexibility index (Phi) is 18.0. The molecule has 150 heavy (non-hydrogen) atoms. The molecule has 6 heterocycles. The third-order valence-electron chi connectivity index (χ3n) is 33.3. The predicted octanol–water partition coefficient (Wildman–Crippen LogP) is 35.6. The minimum atomic E-state index is -0.400. The summed E-state index contributed by atoms with van der Waals surface area (Å²) in [4.78, 5) is 30.5. The smallest absolute Gasteiger partial charge is 0.143 e. The van der Waals surface area contributed by atoms with Crippen LogP contribution in [0.15, 0.2) is 514 Å². The maximum absolute atomic E-state index is 6.48. The number of nitrogens with zero attached hydrogens (tertiary/aromatic N) is 6. The van der Waals surface area contributed by atoms with Crippen LogP contribution in [0.3, 0.4) is 0 Å². The molecule has 22 aromatic carbocycles. The second-order valence-corrected chi connectivity index (χ2v) is 40.6. The van der Waals surface area contributed by atoms with Crippen molar-refractivity contribution in [2.24, 2.45) is 0 Å². The molecular weight excluding hydrogens is 1820 g/mol. The summed E-state index contributed by atoms with van der Waals surface area (Å²) in [5, 5.41) is 14.0. The predicted molar refractivity (Wildman–Crippen MR) is 615 cm³/mol. The zero-order valence-electron chi connectivity index (χ0n) is 81.1. The summed E-state index contributed by atoms with van der Waals surface area (Å²) >= 11 is 0. The molecule has 34 rings (SSSR count). The first-order valence-corrected chi connectivity index (χ1v) is 51.6. The zero-order chi connectivity index (χ0) is 98.2. The van der Waals surface area contributed by atoms with E-state index in [1.54, 1.807) is 0 Å². The van der Waals surface area contributed by atoms with Crippen molar-refractivity contribution in [3.63, 3.8) is 0 Å². The van der Waals surface area contributed by atoms with Gasteiger partial charge in [-0.3, -0.25) is 9.97 Å². The van der Waals surface area contributed by atoms with Crippen LogP contribution in [0.2, 0.25) is 0 Å². The van der Waals surface area contributed by atoms with Crippen molar-refractivity contribution in [2.45, 2.75) is 16.2 Å². The SMILES string of the molecule is c1cc(-c2ccc3cccnc3c2)cc(-c2nc3ccccc3c3cc4c(cc23)-c2ccccc2C42c3ccccc3-c3ccccc32)c1.c1cc(-c2cnc3ccccc3n2)cc(-c2nc3ccccc3c3cc4c(cc23)-c2ccccc2C42c3ccccc3-c3ccccc32)c1.c1cc(-c2nc3ccccc3c3cc4c(cc23)-c2ccccc2C42c3ccccc3-c3ccccc32)cc(-c2cccc3c2oc2ccccc23)c1. The molecular formula is C143H84N6O. The van der Waals surface area contributed by atoms with E-state index in [1.165, 1.54) is 160 Å². The number of para-hydroxylation sites is 7. The van der Waals surface area contributed by atoms with E-state index in [1.807, 2.05) is 54.9 Å². The van der Waals surface area contributed by atoms with Gasteiger partial charge in [0.1, 0.15) is 11.2 Å². The molecule has 3 spiro atoms. The highest BCUT2D eigenvalue weighted by Crippen LogP contribution is 2.68. The molecule has 6 aromatic heterocycles. The van der Waals surface area contributed by atoms with E-state index in [0.29, 0.717) is 0 Å². The van der Waals surface area contributed by atoms with Crippen LogP contribution < -0.4 is 0 Å². The van der Waals surface area contributed by atoms with Gasteiger partial charge in [-0.2, -0.15) is 0 Å². The Morgan fingerprint density at radius 3 is 0.900 bits per heavy atom. The minimum absolute atomic E-state index is 0.387. The van der Waals surface area contributed by atoms with E-state index in [0.717, 1.165) is 149 Å². The lowest BCUT2D eigenvalue weighted by atomic mass is 9.70. The Hall–Kier alpha value is -19.6. The molecule has 0 radical (unpaired) electrons. The Morgan fingerprint density at radius 1 is 0.160 bits per heavy atom. The number of hydrogen-bond donors (Lipinski definition) is 0. The van der Waals surface area contributed by atoms with Crippen LogP contribution in [0.4, 0.5) is 0 Å². The van der Waals surface area contributed by atoms with Crippen molar-refractivity contribution < 1.29 is 4.42 Å². The number of aromatic nitrogens is 6. The summed E-state index contributed by atoms with van der Waals surface area (Å²) in [6.45, 7) is 0. The Bertz CT molecular complexity index is 10200. The molecule has 6 aliphatic rings. The molecule has 7 nitrogen and oxygen atoms in total. The molecule has 7 heteroatoms. The molecule has 6 aliphatic carbocycles. The van der Waals surface area contributed by atoms with E-state index in [4.69, 9.17) is 29.3 Å². The van der Waals surface area contributed by atoms with Gasteiger partial charge in [0.15, 0.2) is 0 Å². The van der Waals surface area contributed by atoms with Gasteiger partial charge in [0, 0.05) is 82.5 Å². The number of hydrogen-bond acceptors (Lipinski definition) is 7. The van der Waals surface area contributed by atoms with Crippen molar-refractivity contribution in [2.75, 3.05) is 0 Å². The first-order valence-electron chi connectivity index (χ1n) is 51.6. The number of furan rings is 1. The maximum atomic E-state index is 6.48. The molecule has 0 saturated heterocycles. The fraction of sp³-hybridized carbons (Fsp3) is 0.0210. The van der Waals surface area contributed by atoms with Gasteiger partial charge in [-0.15, -0.1) is 0 Å². The lowest BCUT2D eigenvalue weighted by Gasteiger charge is -2.30. The summed E-state index contributed by atoms with van der Waals surface area (Å²) in [5.74, 6) is 0. The van der Waals surface area contributed by atoms with Crippen molar-refractivity contribution in [1.29, 1.82) is 0 Å². The molecule has 0 atom stereocenters. The monoisotopic (exact) mass is 1900 g/mol. The Morgan fingerprint density at radius 2 is 0.473 bits per heavy atom. The average Bonchev–Trinajstić information content (AvgIpc) is 1.51. The summed E-state index contributed by atoms with van der Waals surface area (Å²) < 4.78 is 6.48. The normalized spacial score (nSPS) is 13.5. The first-order chi connectivity index (χ1) is 74.4. The zero-order valence-corrected chi connectivity index (χ0v) is 81.1. The summed E-state index contributed by atoms with van der Waals surface area (Å²) in [7, 11) is 0. The summed E-state index contributed by atoms with van der Waals surface area (Å²) in [5.41, 5.74) is 50.7. The molecule has 0 aliphatic heterocycles. The molecule has 0 N–H and O–H groups in total. The van der Waals surface area contributed by atoms with Gasteiger partial charge < -0.3 is 4.42 Å². The van der Waals surface area contributed by atoms with E-state index in [2.05, 4.69) is 460 Å². The van der Waals surface area contributed by atoms with Crippen molar-refractivity contribution in [3.8, 4) is 134 Å². The van der Waals surface area contributed by atoms with Crippen LogP contribution in [0.25, 0.3) is 243 Å². The summed E-state index contributed by atoms with van der Waals surface area (Å²) in [6, 6.07) is 181. The molecule has 692 valence electrons. The van der Waals surface area contributed by atoms with Gasteiger partial charge in [0.05, 0.1) is 78.3 Å². The van der Waals surface area contributed by atoms with Crippen LogP contribution in [0.1, 0.15) is 66.8 Å². The Labute approximate surface area is 863 Å². The minimum Gasteiger partial charge on any atom is -0.455 e. The van der Waals surface area contributed by atoms with Gasteiger partial charge in [0.25, 0.3) is 0 Å². The molecule has 0 unspecified atom stereocenters.